The molecule has 0 spiro atoms. The third-order valence-corrected chi connectivity index (χ3v) is 4.07. The molecule has 0 saturated heterocycles. The number of carbonyl (C=O) groups excluding carboxylic acids is 1. The Morgan fingerprint density at radius 3 is 2.38 bits per heavy atom. The van der Waals surface area contributed by atoms with Crippen LogP contribution in [0.25, 0.3) is 5.69 Å². The summed E-state index contributed by atoms with van der Waals surface area (Å²) in [5.74, 6) is -0.140. The van der Waals surface area contributed by atoms with E-state index in [2.05, 4.69) is 20.1 Å². The Bertz CT molecular complexity index is 989. The first-order valence-electron chi connectivity index (χ1n) is 8.24. The molecule has 0 radical (unpaired) electrons. The van der Waals surface area contributed by atoms with Crippen LogP contribution < -0.4 is 5.32 Å². The Hall–Kier alpha value is -3.67. The molecule has 0 unspecified atom stereocenters. The Morgan fingerprint density at radius 2 is 1.65 bits per heavy atom. The van der Waals surface area contributed by atoms with Gasteiger partial charge in [-0.05, 0) is 48.0 Å². The molecule has 2 aromatic heterocycles. The highest BCUT2D eigenvalue weighted by Gasteiger charge is 2.07. The standard InChI is InChI=1S/C20H17N5O/c26-20(17-8-6-16(7-9-17)13-24-10-1-2-11-24)23-18-4-3-5-19(12-18)25-14-21-22-15-25/h1-12,14-15H,13H2,(H,23,26). The van der Waals surface area contributed by atoms with Gasteiger partial charge < -0.3 is 9.88 Å². The maximum Gasteiger partial charge on any atom is 0.255 e. The van der Waals surface area contributed by atoms with Gasteiger partial charge in [-0.25, -0.2) is 0 Å². The molecule has 26 heavy (non-hydrogen) atoms. The van der Waals surface area contributed by atoms with E-state index >= 15 is 0 Å². The number of carbonyl (C=O) groups is 1. The predicted molar refractivity (Wildman–Crippen MR) is 99.3 cm³/mol. The van der Waals surface area contributed by atoms with E-state index in [0.29, 0.717) is 5.56 Å². The molecule has 0 aliphatic heterocycles. The van der Waals surface area contributed by atoms with E-state index in [1.807, 2.05) is 73.1 Å². The topological polar surface area (TPSA) is 64.7 Å². The molecule has 6 heteroatoms. The van der Waals surface area contributed by atoms with Crippen molar-refractivity contribution < 1.29 is 4.79 Å². The van der Waals surface area contributed by atoms with Crippen LogP contribution in [0, 0.1) is 0 Å². The molecule has 0 saturated carbocycles. The molecule has 0 atom stereocenters. The molecule has 0 aliphatic carbocycles. The fourth-order valence-corrected chi connectivity index (χ4v) is 2.73. The first-order valence-corrected chi connectivity index (χ1v) is 8.24. The van der Waals surface area contributed by atoms with E-state index in [0.717, 1.165) is 23.5 Å². The van der Waals surface area contributed by atoms with Crippen LogP contribution in [0.2, 0.25) is 0 Å². The zero-order chi connectivity index (χ0) is 17.8. The van der Waals surface area contributed by atoms with Crippen molar-refractivity contribution in [1.29, 1.82) is 0 Å². The van der Waals surface area contributed by atoms with Gasteiger partial charge in [0.1, 0.15) is 12.7 Å². The van der Waals surface area contributed by atoms with E-state index < -0.39 is 0 Å². The van der Waals surface area contributed by atoms with Gasteiger partial charge in [-0.15, -0.1) is 10.2 Å². The molecule has 2 aromatic carbocycles. The third kappa shape index (κ3) is 3.54. The highest BCUT2D eigenvalue weighted by Crippen LogP contribution is 2.15. The van der Waals surface area contributed by atoms with Crippen molar-refractivity contribution in [3.05, 3.63) is 96.8 Å². The van der Waals surface area contributed by atoms with E-state index in [-0.39, 0.29) is 5.91 Å². The summed E-state index contributed by atoms with van der Waals surface area (Å²) in [6.07, 6.45) is 7.27. The molecule has 2 heterocycles. The first-order chi connectivity index (χ1) is 12.8. The van der Waals surface area contributed by atoms with Crippen molar-refractivity contribution in [2.75, 3.05) is 5.32 Å². The van der Waals surface area contributed by atoms with Crippen LogP contribution in [-0.4, -0.2) is 25.2 Å². The van der Waals surface area contributed by atoms with Crippen LogP contribution in [0.5, 0.6) is 0 Å². The Kier molecular flexibility index (Phi) is 4.30. The maximum atomic E-state index is 12.5. The average Bonchev–Trinajstić information content (AvgIpc) is 3.37. The summed E-state index contributed by atoms with van der Waals surface area (Å²) in [4.78, 5) is 12.5. The largest absolute Gasteiger partial charge is 0.350 e. The van der Waals surface area contributed by atoms with Crippen LogP contribution in [0.3, 0.4) is 0 Å². The molecule has 0 fully saturated rings. The lowest BCUT2D eigenvalue weighted by Gasteiger charge is -2.09. The highest BCUT2D eigenvalue weighted by molar-refractivity contribution is 6.04. The van der Waals surface area contributed by atoms with E-state index in [4.69, 9.17) is 0 Å². The second kappa shape index (κ2) is 7.06. The minimum atomic E-state index is -0.140. The zero-order valence-electron chi connectivity index (χ0n) is 14.0. The summed E-state index contributed by atoms with van der Waals surface area (Å²) in [6.45, 7) is 0.788. The van der Waals surface area contributed by atoms with Gasteiger partial charge in [-0.2, -0.15) is 0 Å². The third-order valence-electron chi connectivity index (χ3n) is 4.07. The van der Waals surface area contributed by atoms with Crippen molar-refractivity contribution in [3.63, 3.8) is 0 Å². The molecule has 128 valence electrons. The van der Waals surface area contributed by atoms with Crippen molar-refractivity contribution in [2.45, 2.75) is 6.54 Å². The summed E-state index contributed by atoms with van der Waals surface area (Å²) in [5.41, 5.74) is 3.37. The lowest BCUT2D eigenvalue weighted by Crippen LogP contribution is -2.12. The second-order valence-electron chi connectivity index (χ2n) is 5.93. The smallest absolute Gasteiger partial charge is 0.255 e. The number of rotatable bonds is 5. The first kappa shape index (κ1) is 15.8. The van der Waals surface area contributed by atoms with Gasteiger partial charge in [-0.1, -0.05) is 18.2 Å². The van der Waals surface area contributed by atoms with Crippen molar-refractivity contribution in [2.24, 2.45) is 0 Å². The van der Waals surface area contributed by atoms with E-state index in [1.54, 1.807) is 17.2 Å². The van der Waals surface area contributed by atoms with Gasteiger partial charge in [0.05, 0.1) is 5.69 Å². The second-order valence-corrected chi connectivity index (χ2v) is 5.93. The number of anilines is 1. The van der Waals surface area contributed by atoms with Crippen LogP contribution in [0.1, 0.15) is 15.9 Å². The van der Waals surface area contributed by atoms with Crippen molar-refractivity contribution >= 4 is 11.6 Å². The number of nitrogens with zero attached hydrogens (tertiary/aromatic N) is 4. The van der Waals surface area contributed by atoms with Gasteiger partial charge in [0, 0.05) is 30.2 Å². The normalized spacial score (nSPS) is 10.6. The number of amides is 1. The number of benzene rings is 2. The van der Waals surface area contributed by atoms with Gasteiger partial charge in [-0.3, -0.25) is 9.36 Å². The van der Waals surface area contributed by atoms with E-state index in [1.165, 1.54) is 0 Å². The van der Waals surface area contributed by atoms with Gasteiger partial charge in [0.2, 0.25) is 0 Å². The fourth-order valence-electron chi connectivity index (χ4n) is 2.73. The summed E-state index contributed by atoms with van der Waals surface area (Å²) in [7, 11) is 0. The monoisotopic (exact) mass is 343 g/mol. The molecule has 0 bridgehead atoms. The minimum absolute atomic E-state index is 0.140. The van der Waals surface area contributed by atoms with Crippen molar-refractivity contribution in [3.8, 4) is 5.69 Å². The summed E-state index contributed by atoms with van der Waals surface area (Å²) >= 11 is 0. The molecular formula is C20H17N5O. The molecule has 1 amide bonds. The van der Waals surface area contributed by atoms with Crippen LogP contribution in [0.15, 0.2) is 85.7 Å². The molecule has 4 aromatic rings. The summed E-state index contributed by atoms with van der Waals surface area (Å²) in [6, 6.07) is 19.2. The van der Waals surface area contributed by atoms with Crippen LogP contribution >= 0.6 is 0 Å². The number of hydrogen-bond donors (Lipinski definition) is 1. The SMILES string of the molecule is O=C(Nc1cccc(-n2cnnc2)c1)c1ccc(Cn2cccc2)cc1. The number of nitrogens with one attached hydrogen (secondary N) is 1. The molecule has 6 nitrogen and oxygen atoms in total. The molecule has 0 aliphatic rings. The van der Waals surface area contributed by atoms with Crippen LogP contribution in [-0.2, 0) is 6.54 Å². The van der Waals surface area contributed by atoms with Crippen LogP contribution in [0.4, 0.5) is 5.69 Å². The number of aromatic nitrogens is 4. The predicted octanol–water partition coefficient (Wildman–Crippen LogP) is 3.37. The zero-order valence-corrected chi connectivity index (χ0v) is 14.0. The van der Waals surface area contributed by atoms with E-state index in [9.17, 15) is 4.79 Å². The summed E-state index contributed by atoms with van der Waals surface area (Å²) in [5, 5.41) is 10.5. The Balaban J connectivity index is 1.45. The molecular weight excluding hydrogens is 326 g/mol. The highest BCUT2D eigenvalue weighted by atomic mass is 16.1. The van der Waals surface area contributed by atoms with Gasteiger partial charge in [0.25, 0.3) is 5.91 Å². The maximum absolute atomic E-state index is 12.5. The number of hydrogen-bond acceptors (Lipinski definition) is 3. The quantitative estimate of drug-likeness (QED) is 0.604. The minimum Gasteiger partial charge on any atom is -0.350 e. The molecule has 1 N–H and O–H groups in total. The Labute approximate surface area is 150 Å². The Morgan fingerprint density at radius 1 is 0.923 bits per heavy atom. The average molecular weight is 343 g/mol. The van der Waals surface area contributed by atoms with Gasteiger partial charge >= 0.3 is 0 Å². The lowest BCUT2D eigenvalue weighted by atomic mass is 10.1. The molecule has 4 rings (SSSR count). The lowest BCUT2D eigenvalue weighted by molar-refractivity contribution is 0.102. The van der Waals surface area contributed by atoms with Crippen molar-refractivity contribution in [1.82, 2.24) is 19.3 Å². The van der Waals surface area contributed by atoms with Gasteiger partial charge in [0.15, 0.2) is 0 Å². The summed E-state index contributed by atoms with van der Waals surface area (Å²) < 4.78 is 3.87. The fraction of sp³-hybridized carbons (Fsp3) is 0.0500.